The number of carbonyl (C=O) groups excluding carboxylic acids is 3. The van der Waals surface area contributed by atoms with E-state index in [1.54, 1.807) is 54.5 Å². The first kappa shape index (κ1) is 31.1. The van der Waals surface area contributed by atoms with Gasteiger partial charge in [0.05, 0.1) is 10.8 Å². The summed E-state index contributed by atoms with van der Waals surface area (Å²) in [7, 11) is 0. The van der Waals surface area contributed by atoms with Crippen LogP contribution in [0.2, 0.25) is 0 Å². The topological polar surface area (TPSA) is 128 Å². The van der Waals surface area contributed by atoms with Crippen molar-refractivity contribution in [3.05, 3.63) is 23.8 Å². The number of hydrogen-bond donors (Lipinski definition) is 2. The Morgan fingerprint density at radius 2 is 1.42 bits per heavy atom. The molecule has 9 heteroatoms. The third kappa shape index (κ3) is 10.8. The number of esters is 3. The predicted molar refractivity (Wildman–Crippen MR) is 135 cm³/mol. The first-order valence-corrected chi connectivity index (χ1v) is 12.1. The molecule has 202 valence electrons. The second-order valence-electron chi connectivity index (χ2n) is 11.5. The molecule has 1 rings (SSSR count). The van der Waals surface area contributed by atoms with Crippen LogP contribution in [0, 0.1) is 16.7 Å². The van der Waals surface area contributed by atoms with Crippen molar-refractivity contribution < 1.29 is 38.5 Å². The molecule has 0 radical (unpaired) electrons. The zero-order chi connectivity index (χ0) is 27.8. The minimum Gasteiger partial charge on any atom is -0.480 e. The monoisotopic (exact) mass is 507 g/mol. The molecule has 2 N–H and O–H groups in total. The second kappa shape index (κ2) is 12.9. The van der Waals surface area contributed by atoms with E-state index in [4.69, 9.17) is 14.2 Å². The molecule has 1 aromatic rings. The fourth-order valence-corrected chi connectivity index (χ4v) is 2.79. The van der Waals surface area contributed by atoms with Crippen LogP contribution in [0.5, 0.6) is 11.5 Å². The Morgan fingerprint density at radius 3 is 1.89 bits per heavy atom. The van der Waals surface area contributed by atoms with Gasteiger partial charge in [-0.3, -0.25) is 19.2 Å². The third-order valence-electron chi connectivity index (χ3n) is 4.94. The molecule has 0 aliphatic heterocycles. The van der Waals surface area contributed by atoms with Crippen LogP contribution in [-0.2, 0) is 30.3 Å². The molecule has 0 amide bonds. The minimum absolute atomic E-state index is 0.0325. The quantitative estimate of drug-likeness (QED) is 0.335. The van der Waals surface area contributed by atoms with E-state index in [-0.39, 0.29) is 42.8 Å². The van der Waals surface area contributed by atoms with Crippen LogP contribution in [0.1, 0.15) is 74.3 Å². The van der Waals surface area contributed by atoms with E-state index in [9.17, 15) is 24.3 Å². The van der Waals surface area contributed by atoms with E-state index in [1.807, 2.05) is 13.8 Å². The maximum absolute atomic E-state index is 12.5. The second-order valence-corrected chi connectivity index (χ2v) is 11.5. The molecule has 2 atom stereocenters. The molecule has 0 spiro atoms. The molecule has 1 aromatic carbocycles. The van der Waals surface area contributed by atoms with Crippen LogP contribution < -0.4 is 14.8 Å². The fraction of sp³-hybridized carbons (Fsp3) is 0.630. The van der Waals surface area contributed by atoms with E-state index in [2.05, 4.69) is 5.32 Å². The minimum atomic E-state index is -1.09. The van der Waals surface area contributed by atoms with Crippen molar-refractivity contribution in [2.45, 2.75) is 87.3 Å². The van der Waals surface area contributed by atoms with Crippen LogP contribution in [0.4, 0.5) is 0 Å². The Bertz CT molecular complexity index is 940. The molecule has 0 aromatic heterocycles. The van der Waals surface area contributed by atoms with Crippen molar-refractivity contribution >= 4 is 23.9 Å². The van der Waals surface area contributed by atoms with Crippen LogP contribution in [0.3, 0.4) is 0 Å². The molecule has 9 nitrogen and oxygen atoms in total. The van der Waals surface area contributed by atoms with E-state index in [1.165, 1.54) is 12.1 Å². The van der Waals surface area contributed by atoms with Gasteiger partial charge in [-0.15, -0.1) is 0 Å². The van der Waals surface area contributed by atoms with Crippen molar-refractivity contribution in [2.75, 3.05) is 6.54 Å². The number of carboxylic acids is 1. The third-order valence-corrected chi connectivity index (χ3v) is 4.94. The Labute approximate surface area is 213 Å². The standard InChI is InChI=1S/C27H41NO8/c1-16(2)12-22(29)34-17(3)15-28-19(23(30)31)13-18-10-11-20(35-24(32)26(4,5)6)21(14-18)36-25(33)27(7,8)9/h10-11,14,16-17,19,28H,12-13,15H2,1-9H3,(H,30,31)/t17?,19-/m0/s1. The van der Waals surface area contributed by atoms with E-state index in [0.717, 1.165) is 0 Å². The molecule has 36 heavy (non-hydrogen) atoms. The van der Waals surface area contributed by atoms with Gasteiger partial charge in [0, 0.05) is 13.0 Å². The molecule has 0 fully saturated rings. The Morgan fingerprint density at radius 1 is 0.889 bits per heavy atom. The normalized spacial score (nSPS) is 13.6. The van der Waals surface area contributed by atoms with Crippen LogP contribution in [0.25, 0.3) is 0 Å². The summed E-state index contributed by atoms with van der Waals surface area (Å²) < 4.78 is 16.3. The molecule has 0 heterocycles. The summed E-state index contributed by atoms with van der Waals surface area (Å²) in [6.45, 7) is 15.8. The first-order valence-electron chi connectivity index (χ1n) is 12.1. The van der Waals surface area contributed by atoms with Gasteiger partial charge in [-0.2, -0.15) is 0 Å². The smallest absolute Gasteiger partial charge is 0.321 e. The SMILES string of the molecule is CC(C)CC(=O)OC(C)CN[C@@H](Cc1ccc(OC(=O)C(C)(C)C)c(OC(=O)C(C)(C)C)c1)C(=O)O. The van der Waals surface area contributed by atoms with E-state index >= 15 is 0 Å². The van der Waals surface area contributed by atoms with Gasteiger partial charge in [-0.25, -0.2) is 0 Å². The summed E-state index contributed by atoms with van der Waals surface area (Å²) in [6, 6.07) is 3.60. The van der Waals surface area contributed by atoms with E-state index in [0.29, 0.717) is 5.56 Å². The molecule has 1 unspecified atom stereocenters. The van der Waals surface area contributed by atoms with Gasteiger partial charge in [0.1, 0.15) is 12.1 Å². The van der Waals surface area contributed by atoms with Gasteiger partial charge in [0.2, 0.25) is 0 Å². The molecule has 0 saturated heterocycles. The lowest BCUT2D eigenvalue weighted by Crippen LogP contribution is -2.42. The number of carbonyl (C=O) groups is 4. The van der Waals surface area contributed by atoms with Gasteiger partial charge in [-0.05, 0) is 78.5 Å². The highest BCUT2D eigenvalue weighted by atomic mass is 16.6. The number of benzene rings is 1. The predicted octanol–water partition coefficient (Wildman–Crippen LogP) is 4.15. The van der Waals surface area contributed by atoms with Gasteiger partial charge >= 0.3 is 23.9 Å². The molecular formula is C27H41NO8. The summed E-state index contributed by atoms with van der Waals surface area (Å²) in [6.07, 6.45) is -0.176. The summed E-state index contributed by atoms with van der Waals surface area (Å²) >= 11 is 0. The number of ether oxygens (including phenoxy) is 3. The van der Waals surface area contributed by atoms with Gasteiger partial charge in [0.15, 0.2) is 11.5 Å². The Hall–Kier alpha value is -2.94. The van der Waals surface area contributed by atoms with Gasteiger partial charge in [-0.1, -0.05) is 19.9 Å². The largest absolute Gasteiger partial charge is 0.480 e. The van der Waals surface area contributed by atoms with E-state index < -0.39 is 40.9 Å². The highest BCUT2D eigenvalue weighted by Crippen LogP contribution is 2.33. The van der Waals surface area contributed by atoms with Crippen molar-refractivity contribution in [3.8, 4) is 11.5 Å². The molecule has 0 aliphatic carbocycles. The molecule has 0 bridgehead atoms. The summed E-state index contributed by atoms with van der Waals surface area (Å²) in [4.78, 5) is 48.7. The lowest BCUT2D eigenvalue weighted by Gasteiger charge is -2.22. The average molecular weight is 508 g/mol. The van der Waals surface area contributed by atoms with Gasteiger partial charge in [0.25, 0.3) is 0 Å². The lowest BCUT2D eigenvalue weighted by atomic mass is 9.97. The highest BCUT2D eigenvalue weighted by Gasteiger charge is 2.29. The van der Waals surface area contributed by atoms with Crippen LogP contribution in [0.15, 0.2) is 18.2 Å². The van der Waals surface area contributed by atoms with Gasteiger partial charge < -0.3 is 24.6 Å². The van der Waals surface area contributed by atoms with Crippen molar-refractivity contribution in [3.63, 3.8) is 0 Å². The lowest BCUT2D eigenvalue weighted by molar-refractivity contribution is -0.149. The maximum Gasteiger partial charge on any atom is 0.321 e. The van der Waals surface area contributed by atoms with Crippen molar-refractivity contribution in [1.82, 2.24) is 5.32 Å². The maximum atomic E-state index is 12.5. The van der Waals surface area contributed by atoms with Crippen molar-refractivity contribution in [1.29, 1.82) is 0 Å². The molecular weight excluding hydrogens is 466 g/mol. The Kier molecular flexibility index (Phi) is 11.1. The number of carboxylic acid groups (broad SMARTS) is 1. The first-order chi connectivity index (χ1) is 16.4. The Balaban J connectivity index is 3.07. The highest BCUT2D eigenvalue weighted by molar-refractivity contribution is 5.81. The van der Waals surface area contributed by atoms with Crippen molar-refractivity contribution in [2.24, 2.45) is 16.7 Å². The average Bonchev–Trinajstić information content (AvgIpc) is 2.70. The van der Waals surface area contributed by atoms with Crippen LogP contribution in [-0.4, -0.2) is 47.7 Å². The fourth-order valence-electron chi connectivity index (χ4n) is 2.79. The number of aliphatic carboxylic acids is 1. The summed E-state index contributed by atoms with van der Waals surface area (Å²) in [5.41, 5.74) is -1.04. The summed E-state index contributed by atoms with van der Waals surface area (Å²) in [5.74, 6) is -2.19. The molecule has 0 saturated carbocycles. The summed E-state index contributed by atoms with van der Waals surface area (Å²) in [5, 5.41) is 12.6. The molecule has 0 aliphatic rings. The number of rotatable bonds is 11. The number of hydrogen-bond acceptors (Lipinski definition) is 8. The number of nitrogens with one attached hydrogen (secondary N) is 1. The van der Waals surface area contributed by atoms with Crippen LogP contribution >= 0.6 is 0 Å². The zero-order valence-electron chi connectivity index (χ0n) is 22.9. The zero-order valence-corrected chi connectivity index (χ0v) is 22.9.